The normalized spacial score (nSPS) is 12.2. The van der Waals surface area contributed by atoms with Gasteiger partial charge in [-0.15, -0.1) is 0 Å². The van der Waals surface area contributed by atoms with Crippen molar-refractivity contribution >= 4 is 39.1 Å². The van der Waals surface area contributed by atoms with Gasteiger partial charge in [-0.1, -0.05) is 60.1 Å². The fourth-order valence-electron chi connectivity index (χ4n) is 4.39. The van der Waals surface area contributed by atoms with Crippen molar-refractivity contribution in [2.24, 2.45) is 0 Å². The Morgan fingerprint density at radius 2 is 1.61 bits per heavy atom. The summed E-state index contributed by atoms with van der Waals surface area (Å²) in [4.78, 5) is 28.7. The van der Waals surface area contributed by atoms with Crippen LogP contribution >= 0.6 is 11.6 Å². The van der Waals surface area contributed by atoms with Crippen LogP contribution in [0.1, 0.15) is 37.8 Å². The Balaban J connectivity index is 1.89. The highest BCUT2D eigenvalue weighted by Crippen LogP contribution is 2.24. The number of carbonyl (C=O) groups excluding carboxylic acids is 2. The average molecular weight is 606 g/mol. The second-order valence-corrected chi connectivity index (χ2v) is 12.3. The van der Waals surface area contributed by atoms with E-state index in [1.165, 1.54) is 4.90 Å². The van der Waals surface area contributed by atoms with Gasteiger partial charge < -0.3 is 10.2 Å². The summed E-state index contributed by atoms with van der Waals surface area (Å²) >= 11 is 6.42. The number of rotatable bonds is 13. The molecule has 0 unspecified atom stereocenters. The number of halogens is 3. The monoisotopic (exact) mass is 605 g/mol. The van der Waals surface area contributed by atoms with Crippen molar-refractivity contribution in [1.82, 2.24) is 10.2 Å². The van der Waals surface area contributed by atoms with Crippen LogP contribution in [0.4, 0.5) is 14.5 Å². The highest BCUT2D eigenvalue weighted by Gasteiger charge is 2.31. The van der Waals surface area contributed by atoms with Crippen LogP contribution < -0.4 is 9.62 Å². The molecule has 0 spiro atoms. The van der Waals surface area contributed by atoms with Crippen molar-refractivity contribution in [3.63, 3.8) is 0 Å². The molecule has 7 nitrogen and oxygen atoms in total. The molecule has 0 aromatic heterocycles. The molecule has 0 radical (unpaired) electrons. The van der Waals surface area contributed by atoms with Crippen molar-refractivity contribution in [2.75, 3.05) is 17.1 Å². The molecule has 0 aliphatic carbocycles. The van der Waals surface area contributed by atoms with Crippen LogP contribution in [0.2, 0.25) is 5.02 Å². The molecule has 1 N–H and O–H groups in total. The van der Waals surface area contributed by atoms with Crippen molar-refractivity contribution < 1.29 is 26.8 Å². The van der Waals surface area contributed by atoms with E-state index in [0.29, 0.717) is 10.6 Å². The zero-order chi connectivity index (χ0) is 30.2. The number of benzene rings is 3. The Morgan fingerprint density at radius 3 is 2.22 bits per heavy atom. The van der Waals surface area contributed by atoms with Crippen LogP contribution in [0.5, 0.6) is 0 Å². The van der Waals surface area contributed by atoms with Crippen LogP contribution in [0.25, 0.3) is 0 Å². The van der Waals surface area contributed by atoms with Gasteiger partial charge in [0, 0.05) is 43.1 Å². The van der Waals surface area contributed by atoms with E-state index in [1.807, 2.05) is 44.2 Å². The van der Waals surface area contributed by atoms with Gasteiger partial charge in [0.15, 0.2) is 11.6 Å². The van der Waals surface area contributed by atoms with Gasteiger partial charge in [0.05, 0.1) is 11.9 Å². The first kappa shape index (κ1) is 32.0. The van der Waals surface area contributed by atoms with Gasteiger partial charge in [-0.3, -0.25) is 13.9 Å². The quantitative estimate of drug-likeness (QED) is 0.285. The molecule has 0 aliphatic rings. The summed E-state index contributed by atoms with van der Waals surface area (Å²) in [6.07, 6.45) is 1.15. The summed E-state index contributed by atoms with van der Waals surface area (Å²) in [7, 11) is -3.87. The van der Waals surface area contributed by atoms with E-state index in [1.54, 1.807) is 24.3 Å². The predicted molar refractivity (Wildman–Crippen MR) is 157 cm³/mol. The Hall–Kier alpha value is -3.50. The number of nitrogens with zero attached hydrogens (tertiary/aromatic N) is 2. The SMILES string of the molecule is CC(C)NC(=O)[C@H](Cc1ccccc1)N(Cc1ccccc1Cl)C(=O)CCCN(c1ccc(F)c(F)c1)S(C)(=O)=O. The largest absolute Gasteiger partial charge is 0.352 e. The Morgan fingerprint density at radius 1 is 0.951 bits per heavy atom. The number of sulfonamides is 1. The minimum atomic E-state index is -3.87. The van der Waals surface area contributed by atoms with Gasteiger partial charge in [0.2, 0.25) is 21.8 Å². The molecule has 3 aromatic rings. The van der Waals surface area contributed by atoms with Gasteiger partial charge in [0.25, 0.3) is 0 Å². The first-order valence-corrected chi connectivity index (χ1v) is 15.4. The lowest BCUT2D eigenvalue weighted by Gasteiger charge is -2.32. The lowest BCUT2D eigenvalue weighted by atomic mass is 10.0. The van der Waals surface area contributed by atoms with E-state index < -0.39 is 27.7 Å². The molecule has 0 saturated carbocycles. The molecule has 2 amide bonds. The van der Waals surface area contributed by atoms with Crippen molar-refractivity contribution in [3.8, 4) is 0 Å². The highest BCUT2D eigenvalue weighted by atomic mass is 35.5. The fourth-order valence-corrected chi connectivity index (χ4v) is 5.54. The summed E-state index contributed by atoms with van der Waals surface area (Å²) in [6.45, 7) is 3.56. The van der Waals surface area contributed by atoms with Crippen molar-refractivity contribution in [1.29, 1.82) is 0 Å². The fraction of sp³-hybridized carbons (Fsp3) is 0.333. The standard InChI is InChI=1S/C30H34ClF2N3O4S/c1-21(2)34-30(38)28(18-22-10-5-4-6-11-22)35(20-23-12-7-8-13-25(23)31)29(37)14-9-17-36(41(3,39)40)24-15-16-26(32)27(33)19-24/h4-8,10-13,15-16,19,21,28H,9,14,17-18,20H2,1-3H3,(H,34,38)/t28-/m0/s1. The van der Waals surface area contributed by atoms with Crippen molar-refractivity contribution in [2.45, 2.75) is 51.7 Å². The van der Waals surface area contributed by atoms with Crippen LogP contribution in [-0.4, -0.2) is 50.0 Å². The minimum absolute atomic E-state index is 0.0509. The van der Waals surface area contributed by atoms with Crippen LogP contribution in [0, 0.1) is 11.6 Å². The molecule has 0 aliphatic heterocycles. The van der Waals surface area contributed by atoms with Gasteiger partial charge in [-0.25, -0.2) is 17.2 Å². The summed E-state index contributed by atoms with van der Waals surface area (Å²) in [5, 5.41) is 3.34. The highest BCUT2D eigenvalue weighted by molar-refractivity contribution is 7.92. The molecule has 1 atom stereocenters. The van der Waals surface area contributed by atoms with Crippen LogP contribution in [0.15, 0.2) is 72.8 Å². The summed E-state index contributed by atoms with van der Waals surface area (Å²) in [5.41, 5.74) is 1.46. The Labute approximate surface area is 245 Å². The van der Waals surface area contributed by atoms with E-state index in [9.17, 15) is 26.8 Å². The number of amides is 2. The zero-order valence-electron chi connectivity index (χ0n) is 23.2. The Kier molecular flexibility index (Phi) is 11.3. The molecule has 0 heterocycles. The maximum atomic E-state index is 13.9. The summed E-state index contributed by atoms with van der Waals surface area (Å²) in [5.74, 6) is -3.00. The Bertz CT molecular complexity index is 1460. The second kappa shape index (κ2) is 14.4. The lowest BCUT2D eigenvalue weighted by Crippen LogP contribution is -2.51. The molecule has 0 fully saturated rings. The molecule has 0 saturated heterocycles. The first-order chi connectivity index (χ1) is 19.4. The van der Waals surface area contributed by atoms with Crippen molar-refractivity contribution in [3.05, 3.63) is 101 Å². The van der Waals surface area contributed by atoms with E-state index in [2.05, 4.69) is 5.32 Å². The van der Waals surface area contributed by atoms with Crippen LogP contribution in [0.3, 0.4) is 0 Å². The lowest BCUT2D eigenvalue weighted by molar-refractivity contribution is -0.141. The maximum Gasteiger partial charge on any atom is 0.243 e. The minimum Gasteiger partial charge on any atom is -0.352 e. The predicted octanol–water partition coefficient (Wildman–Crippen LogP) is 5.33. The van der Waals surface area contributed by atoms with E-state index in [0.717, 1.165) is 34.3 Å². The number of hydrogen-bond acceptors (Lipinski definition) is 4. The maximum absolute atomic E-state index is 13.9. The molecule has 11 heteroatoms. The first-order valence-electron chi connectivity index (χ1n) is 13.2. The molecule has 3 rings (SSSR count). The molecule has 41 heavy (non-hydrogen) atoms. The van der Waals surface area contributed by atoms with E-state index >= 15 is 0 Å². The molecule has 3 aromatic carbocycles. The number of carbonyl (C=O) groups is 2. The molecule has 220 valence electrons. The number of hydrogen-bond donors (Lipinski definition) is 1. The summed E-state index contributed by atoms with van der Waals surface area (Å²) in [6, 6.07) is 18.1. The number of anilines is 1. The van der Waals surface area contributed by atoms with Gasteiger partial charge in [-0.2, -0.15) is 0 Å². The third-order valence-electron chi connectivity index (χ3n) is 6.34. The van der Waals surface area contributed by atoms with Crippen LogP contribution in [-0.2, 0) is 32.6 Å². The van der Waals surface area contributed by atoms with Gasteiger partial charge in [0.1, 0.15) is 6.04 Å². The topological polar surface area (TPSA) is 86.8 Å². The van der Waals surface area contributed by atoms with Gasteiger partial charge >= 0.3 is 0 Å². The summed E-state index contributed by atoms with van der Waals surface area (Å²) < 4.78 is 53.2. The van der Waals surface area contributed by atoms with E-state index in [4.69, 9.17) is 11.6 Å². The number of nitrogens with one attached hydrogen (secondary N) is 1. The third-order valence-corrected chi connectivity index (χ3v) is 7.91. The van der Waals surface area contributed by atoms with E-state index in [-0.39, 0.29) is 55.9 Å². The molecular formula is C30H34ClF2N3O4S. The van der Waals surface area contributed by atoms with Gasteiger partial charge in [-0.05, 0) is 49.6 Å². The molecule has 0 bridgehead atoms. The second-order valence-electron chi connectivity index (χ2n) is 10.0. The third kappa shape index (κ3) is 9.26. The smallest absolute Gasteiger partial charge is 0.243 e. The molecular weight excluding hydrogens is 572 g/mol. The zero-order valence-corrected chi connectivity index (χ0v) is 24.8. The average Bonchev–Trinajstić information content (AvgIpc) is 2.90.